The largest absolute Gasteiger partial charge is 0.493 e. The maximum Gasteiger partial charge on any atom is 0.342 e. The number of rotatable bonds is 23. The van der Waals surface area contributed by atoms with Crippen molar-refractivity contribution in [2.45, 2.75) is 106 Å². The molecule has 7 aromatic rings. The highest BCUT2D eigenvalue weighted by molar-refractivity contribution is 7.87. The first-order valence-electron chi connectivity index (χ1n) is 30.6. The van der Waals surface area contributed by atoms with Gasteiger partial charge in [-0.1, -0.05) is 61.9 Å². The molecule has 0 radical (unpaired) electrons. The molecule has 1 saturated heterocycles. The number of anilines is 1. The number of aromatic nitrogens is 1. The summed E-state index contributed by atoms with van der Waals surface area (Å²) in [4.78, 5) is 56.3. The van der Waals surface area contributed by atoms with Crippen LogP contribution in [0.4, 0.5) is 17.1 Å². The second-order valence-electron chi connectivity index (χ2n) is 23.1. The van der Waals surface area contributed by atoms with Crippen LogP contribution >= 0.6 is 0 Å². The molecule has 2 amide bonds. The Kier molecular flexibility index (Phi) is 18.7. The van der Waals surface area contributed by atoms with Crippen LogP contribution in [0.25, 0.3) is 0 Å². The minimum Gasteiger partial charge on any atom is -0.493 e. The van der Waals surface area contributed by atoms with E-state index in [0.717, 1.165) is 34.9 Å². The van der Waals surface area contributed by atoms with Crippen LogP contribution in [0, 0.1) is 0 Å². The quantitative estimate of drug-likeness (QED) is 0.0288. The summed E-state index contributed by atoms with van der Waals surface area (Å²) < 4.78 is 71.8. The molecule has 6 heterocycles. The summed E-state index contributed by atoms with van der Waals surface area (Å²) >= 11 is 0. The number of carbonyl (C=O) groups is 3. The topological polar surface area (TPSA) is 269 Å². The summed E-state index contributed by atoms with van der Waals surface area (Å²) in [6.45, 7) is 3.53. The Bertz CT molecular complexity index is 3920. The number of pyridine rings is 1. The van der Waals surface area contributed by atoms with Crippen LogP contribution in [0.1, 0.15) is 85.1 Å². The molecule has 6 aromatic carbocycles. The molecule has 4 N–H and O–H groups in total. The normalized spacial score (nSPS) is 20.4. The Labute approximate surface area is 532 Å². The van der Waals surface area contributed by atoms with E-state index < -0.39 is 52.3 Å². The number of aliphatic hydroxyl groups excluding tert-OH is 4. The smallest absolute Gasteiger partial charge is 0.342 e. The van der Waals surface area contributed by atoms with E-state index in [-0.39, 0.29) is 66.4 Å². The molecule has 5 aliphatic rings. The first-order valence-corrected chi connectivity index (χ1v) is 32.0. The van der Waals surface area contributed by atoms with Gasteiger partial charge in [-0.05, 0) is 96.1 Å². The molecule has 0 saturated carbocycles. The highest BCUT2D eigenvalue weighted by Crippen LogP contribution is 2.41. The van der Waals surface area contributed by atoms with E-state index in [9.17, 15) is 43.2 Å². The fourth-order valence-corrected chi connectivity index (χ4v) is 13.2. The van der Waals surface area contributed by atoms with Gasteiger partial charge in [0.05, 0.1) is 68.5 Å². The average molecular weight is 1270 g/mol. The zero-order chi connectivity index (χ0) is 64.2. The third-order valence-electron chi connectivity index (χ3n) is 17.2. The lowest BCUT2D eigenvalue weighted by Gasteiger charge is -2.39. The zero-order valence-electron chi connectivity index (χ0n) is 50.9. The van der Waals surface area contributed by atoms with Gasteiger partial charge < -0.3 is 67.7 Å². The Morgan fingerprint density at radius 1 is 0.674 bits per heavy atom. The van der Waals surface area contributed by atoms with Crippen molar-refractivity contribution >= 4 is 57.2 Å². The van der Waals surface area contributed by atoms with Crippen LogP contribution in [0.2, 0.25) is 0 Å². The van der Waals surface area contributed by atoms with E-state index in [1.165, 1.54) is 49.6 Å². The van der Waals surface area contributed by atoms with Gasteiger partial charge in [-0.2, -0.15) is 8.42 Å². The van der Waals surface area contributed by atoms with Crippen molar-refractivity contribution in [1.82, 2.24) is 9.80 Å². The fraction of sp³-hybridized carbons (Fsp3) is 0.333. The van der Waals surface area contributed by atoms with Crippen molar-refractivity contribution in [2.24, 2.45) is 9.98 Å². The molecule has 12 rings (SSSR count). The summed E-state index contributed by atoms with van der Waals surface area (Å²) in [7, 11) is -1.70. The Balaban J connectivity index is 0.758. The average Bonchev–Trinajstić information content (AvgIpc) is 1.64. The number of ether oxygens (including phenoxy) is 6. The molecule has 23 heteroatoms. The molecule has 0 bridgehead atoms. The molecule has 1 fully saturated rings. The molecule has 0 spiro atoms. The fourth-order valence-electron chi connectivity index (χ4n) is 12.1. The van der Waals surface area contributed by atoms with Crippen molar-refractivity contribution in [3.63, 3.8) is 0 Å². The molecule has 478 valence electrons. The number of benzene rings is 6. The Morgan fingerprint density at radius 3 is 1.76 bits per heavy atom. The molecular formula is C69H71N6O16S+. The number of fused-ring (bicyclic) bond motifs is 6. The van der Waals surface area contributed by atoms with E-state index in [4.69, 9.17) is 42.6 Å². The van der Waals surface area contributed by atoms with Crippen molar-refractivity contribution in [2.75, 3.05) is 52.0 Å². The number of ketones is 1. The van der Waals surface area contributed by atoms with E-state index in [1.807, 2.05) is 94.6 Å². The van der Waals surface area contributed by atoms with Crippen LogP contribution in [-0.2, 0) is 47.3 Å². The number of amides is 2. The van der Waals surface area contributed by atoms with Gasteiger partial charge in [0.2, 0.25) is 6.29 Å². The molecule has 7 atom stereocenters. The van der Waals surface area contributed by atoms with Gasteiger partial charge in [0, 0.05) is 73.0 Å². The van der Waals surface area contributed by atoms with Gasteiger partial charge in [-0.3, -0.25) is 24.4 Å². The number of aliphatic hydroxyl groups is 4. The lowest BCUT2D eigenvalue weighted by molar-refractivity contribution is -0.688. The van der Waals surface area contributed by atoms with Crippen LogP contribution in [0.3, 0.4) is 0 Å². The number of Topliss-reactive ketones (excluding diaryl/α,β-unsaturated/α-hetero) is 1. The first kappa shape index (κ1) is 62.9. The predicted octanol–water partition coefficient (Wildman–Crippen LogP) is 6.89. The number of methoxy groups -OCH3 is 2. The summed E-state index contributed by atoms with van der Waals surface area (Å²) in [5.41, 5.74) is 8.04. The zero-order valence-corrected chi connectivity index (χ0v) is 51.8. The molecule has 5 aliphatic heterocycles. The van der Waals surface area contributed by atoms with E-state index in [0.29, 0.717) is 97.5 Å². The van der Waals surface area contributed by atoms with Gasteiger partial charge in [0.25, 0.3) is 11.8 Å². The molecule has 92 heavy (non-hydrogen) atoms. The van der Waals surface area contributed by atoms with Crippen molar-refractivity contribution in [1.29, 1.82) is 0 Å². The molecule has 1 unspecified atom stereocenters. The highest BCUT2D eigenvalue weighted by Gasteiger charge is 2.45. The van der Waals surface area contributed by atoms with Gasteiger partial charge in [0.1, 0.15) is 54.0 Å². The number of aliphatic imine (C=N–C) groups is 2. The lowest BCUT2D eigenvalue weighted by Crippen LogP contribution is -2.60. The maximum absolute atomic E-state index is 14.2. The van der Waals surface area contributed by atoms with Crippen molar-refractivity contribution in [3.8, 4) is 34.5 Å². The van der Waals surface area contributed by atoms with E-state index >= 15 is 0 Å². The van der Waals surface area contributed by atoms with Gasteiger partial charge in [-0.15, -0.1) is 0 Å². The van der Waals surface area contributed by atoms with Gasteiger partial charge >= 0.3 is 10.1 Å². The van der Waals surface area contributed by atoms with Crippen LogP contribution < -0.4 is 37.3 Å². The van der Waals surface area contributed by atoms with Crippen LogP contribution in [0.5, 0.6) is 34.5 Å². The third-order valence-corrected chi connectivity index (χ3v) is 18.5. The predicted molar refractivity (Wildman–Crippen MR) is 338 cm³/mol. The van der Waals surface area contributed by atoms with Crippen LogP contribution in [0.15, 0.2) is 155 Å². The van der Waals surface area contributed by atoms with Crippen molar-refractivity contribution < 1.29 is 80.4 Å². The number of hydrogen-bond donors (Lipinski definition) is 4. The summed E-state index contributed by atoms with van der Waals surface area (Å²) in [6.07, 6.45) is 1.85. The minimum absolute atomic E-state index is 0.0609. The van der Waals surface area contributed by atoms with Crippen molar-refractivity contribution in [3.05, 3.63) is 184 Å². The number of nitrogens with zero attached hydrogens (tertiary/aromatic N) is 6. The number of hydrogen-bond acceptors (Lipinski definition) is 19. The number of carbonyl (C=O) groups excluding carboxylic acids is 3. The monoisotopic (exact) mass is 1270 g/mol. The maximum atomic E-state index is 14.2. The number of unbranched alkanes of at least 4 members (excludes halogenated alkanes) is 1. The lowest BCUT2D eigenvalue weighted by atomic mass is 9.94. The molecule has 0 aliphatic carbocycles. The van der Waals surface area contributed by atoms with E-state index in [1.54, 1.807) is 36.4 Å². The molecule has 1 aromatic heterocycles. The minimum atomic E-state index is -4.76. The first-order chi connectivity index (χ1) is 44.6. The second-order valence-corrected chi connectivity index (χ2v) is 24.7. The molecular weight excluding hydrogens is 1200 g/mol. The van der Waals surface area contributed by atoms with Gasteiger partial charge in [0.15, 0.2) is 47.7 Å². The molecule has 22 nitrogen and oxygen atoms in total. The summed E-state index contributed by atoms with van der Waals surface area (Å²) in [5.74, 6) is 0.543. The summed E-state index contributed by atoms with van der Waals surface area (Å²) in [5, 5.41) is 41.2. The highest BCUT2D eigenvalue weighted by atomic mass is 32.2. The standard InChI is InChI=1S/C69H71N6O16S/c1-4-5-14-56(77)45-17-20-57(89-69-66(80)65(79)64(78)62(41-76)90-69)63(31-45)92(83,84)91-51-18-15-42(16-19-51)38-72-23-21-48(22-24-72)73(25-27-87-60-34-54-52(32-58(60)85-2)67(81)74-39-46-12-8-6-10-43(46)29-49(74)36-70-54)26-28-88-61-35-55-53(33-59(61)86-3)68(82)75-40-47-13-9-7-11-44(47)30-50(75)37-71-55/h6-13,15-24,31-37,49-50,62,64-66,69,76,78-80H,4-5,14,25-30,38-41H2,1-3H3/q+1/t49-,50+,62-,64+,65+,66+,69?/m1/s1. The van der Waals surface area contributed by atoms with Crippen LogP contribution in [-0.4, -0.2) is 159 Å². The summed E-state index contributed by atoms with van der Waals surface area (Å²) in [6, 6.07) is 36.7. The SMILES string of the molecule is CCCCC(=O)c1ccc(OC2O[C@H](CO)[C@H](O)[C@H](O)[C@@H]2O)c(S(=O)(=O)Oc2ccc(C[n+]3ccc(N(CCOc4cc5c(cc4OC)C(=O)N4Cc6ccccc6C[C@H]4C=N5)CCOc4cc5c(cc4OC)C(=O)N4Cc6ccccc6C[C@@H]4C=N5)cc3)cc2)c1. The van der Waals surface area contributed by atoms with E-state index in [2.05, 4.69) is 17.0 Å². The second kappa shape index (κ2) is 27.3. The Morgan fingerprint density at radius 2 is 1.23 bits per heavy atom. The van der Waals surface area contributed by atoms with Gasteiger partial charge in [-0.25, -0.2) is 4.57 Å². The Hall–Kier alpha value is -9.23. The third kappa shape index (κ3) is 13.3.